The molecule has 4 aromatic rings. The number of hydrogen-bond donors (Lipinski definition) is 1. The van der Waals surface area contributed by atoms with E-state index in [4.69, 9.17) is 4.74 Å². The van der Waals surface area contributed by atoms with Crippen molar-refractivity contribution in [3.8, 4) is 11.4 Å². The topological polar surface area (TPSA) is 69.0 Å². The molecule has 1 heterocycles. The third-order valence-electron chi connectivity index (χ3n) is 5.10. The number of nitrogens with zero attached hydrogens (tertiary/aromatic N) is 3. The highest BCUT2D eigenvalue weighted by Crippen LogP contribution is 2.35. The summed E-state index contributed by atoms with van der Waals surface area (Å²) < 4.78 is 20.5. The van der Waals surface area contributed by atoms with Crippen LogP contribution in [-0.2, 0) is 6.54 Å². The summed E-state index contributed by atoms with van der Waals surface area (Å²) in [5.74, 6) is 0.661. The van der Waals surface area contributed by atoms with Crippen LogP contribution in [0, 0.1) is 5.82 Å². The Labute approximate surface area is 195 Å². The number of halogens is 1. The Morgan fingerprint density at radius 2 is 1.73 bits per heavy atom. The molecule has 0 saturated carbocycles. The summed E-state index contributed by atoms with van der Waals surface area (Å²) in [5.41, 5.74) is 2.39. The fraction of sp³-hybridized carbons (Fsp3) is 0.160. The fourth-order valence-electron chi connectivity index (χ4n) is 3.29. The van der Waals surface area contributed by atoms with Crippen molar-refractivity contribution in [1.82, 2.24) is 20.1 Å². The first-order chi connectivity index (χ1) is 16.0. The molecule has 6 nitrogen and oxygen atoms in total. The van der Waals surface area contributed by atoms with E-state index in [1.165, 1.54) is 12.1 Å². The number of carbonyl (C=O) groups excluding carboxylic acids is 1. The van der Waals surface area contributed by atoms with Crippen LogP contribution < -0.4 is 10.1 Å². The zero-order valence-corrected chi connectivity index (χ0v) is 19.1. The number of amides is 1. The zero-order valence-electron chi connectivity index (χ0n) is 18.2. The van der Waals surface area contributed by atoms with Crippen molar-refractivity contribution in [1.29, 1.82) is 0 Å². The van der Waals surface area contributed by atoms with Crippen molar-refractivity contribution < 1.29 is 13.9 Å². The van der Waals surface area contributed by atoms with Crippen LogP contribution >= 0.6 is 11.8 Å². The molecule has 0 aliphatic carbocycles. The first-order valence-corrected chi connectivity index (χ1v) is 11.3. The molecule has 3 aromatic carbocycles. The minimum absolute atomic E-state index is 0.122. The molecule has 4 rings (SSSR count). The van der Waals surface area contributed by atoms with E-state index in [2.05, 4.69) is 34.6 Å². The SMILES string of the molecule is COc1ccc(C(=O)NCc2nnc(SC(C)c3ccccc3)n2-c2ccc(F)cc2)cc1. The van der Waals surface area contributed by atoms with Crippen LogP contribution in [0.2, 0.25) is 0 Å². The molecule has 0 aliphatic heterocycles. The van der Waals surface area contributed by atoms with Crippen LogP contribution in [0.25, 0.3) is 5.69 Å². The van der Waals surface area contributed by atoms with Crippen LogP contribution in [0.15, 0.2) is 84.0 Å². The summed E-state index contributed by atoms with van der Waals surface area (Å²) in [6.45, 7) is 2.25. The molecule has 1 aromatic heterocycles. The number of rotatable bonds is 8. The number of benzene rings is 3. The van der Waals surface area contributed by atoms with Crippen molar-refractivity contribution in [3.63, 3.8) is 0 Å². The maximum Gasteiger partial charge on any atom is 0.251 e. The van der Waals surface area contributed by atoms with Gasteiger partial charge in [-0.25, -0.2) is 4.39 Å². The normalized spacial score (nSPS) is 11.7. The van der Waals surface area contributed by atoms with E-state index < -0.39 is 0 Å². The van der Waals surface area contributed by atoms with Crippen molar-refractivity contribution in [3.05, 3.63) is 102 Å². The molecule has 0 bridgehead atoms. The maximum absolute atomic E-state index is 13.5. The molecule has 0 fully saturated rings. The average molecular weight is 463 g/mol. The Balaban J connectivity index is 1.57. The van der Waals surface area contributed by atoms with E-state index in [0.29, 0.717) is 22.3 Å². The highest BCUT2D eigenvalue weighted by Gasteiger charge is 2.19. The number of ether oxygens (including phenoxy) is 1. The summed E-state index contributed by atoms with van der Waals surface area (Å²) in [4.78, 5) is 12.6. The van der Waals surface area contributed by atoms with Crippen molar-refractivity contribution in [2.24, 2.45) is 0 Å². The summed E-state index contributed by atoms with van der Waals surface area (Å²) in [7, 11) is 1.58. The molecule has 1 N–H and O–H groups in total. The van der Waals surface area contributed by atoms with Crippen molar-refractivity contribution >= 4 is 17.7 Å². The molecule has 0 aliphatic rings. The maximum atomic E-state index is 13.5. The quantitative estimate of drug-likeness (QED) is 0.365. The fourth-order valence-corrected chi connectivity index (χ4v) is 4.31. The highest BCUT2D eigenvalue weighted by molar-refractivity contribution is 7.99. The molecule has 33 heavy (non-hydrogen) atoms. The van der Waals surface area contributed by atoms with Crippen LogP contribution in [0.1, 0.15) is 33.9 Å². The molecule has 1 amide bonds. The van der Waals surface area contributed by atoms with Gasteiger partial charge in [0.1, 0.15) is 11.6 Å². The van der Waals surface area contributed by atoms with Crippen molar-refractivity contribution in [2.45, 2.75) is 23.9 Å². The van der Waals surface area contributed by atoms with E-state index in [-0.39, 0.29) is 23.5 Å². The van der Waals surface area contributed by atoms with Gasteiger partial charge < -0.3 is 10.1 Å². The highest BCUT2D eigenvalue weighted by atomic mass is 32.2. The predicted octanol–water partition coefficient (Wildman–Crippen LogP) is 5.20. The standard InChI is InChI=1S/C25H23FN4O2S/c1-17(18-6-4-3-5-7-18)33-25-29-28-23(30(25)21-12-10-20(26)11-13-21)16-27-24(31)19-8-14-22(32-2)15-9-19/h3-15,17H,16H2,1-2H3,(H,27,31). The lowest BCUT2D eigenvalue weighted by molar-refractivity contribution is 0.0949. The van der Waals surface area contributed by atoms with Gasteiger partial charge in [0.05, 0.1) is 13.7 Å². The van der Waals surface area contributed by atoms with Crippen LogP contribution in [0.3, 0.4) is 0 Å². The number of aromatic nitrogens is 3. The Morgan fingerprint density at radius 3 is 2.39 bits per heavy atom. The first kappa shape index (κ1) is 22.5. The molecule has 1 unspecified atom stereocenters. The number of hydrogen-bond acceptors (Lipinski definition) is 5. The van der Waals surface area contributed by atoms with Gasteiger partial charge in [0.2, 0.25) is 0 Å². The lowest BCUT2D eigenvalue weighted by Crippen LogP contribution is -2.24. The van der Waals surface area contributed by atoms with Crippen LogP contribution in [0.4, 0.5) is 4.39 Å². The van der Waals surface area contributed by atoms with E-state index >= 15 is 0 Å². The number of carbonyl (C=O) groups is 1. The summed E-state index contributed by atoms with van der Waals surface area (Å²) >= 11 is 1.55. The smallest absolute Gasteiger partial charge is 0.251 e. The third kappa shape index (κ3) is 5.40. The summed E-state index contributed by atoms with van der Waals surface area (Å²) in [5, 5.41) is 12.4. The van der Waals surface area contributed by atoms with Gasteiger partial charge in [-0.1, -0.05) is 42.1 Å². The summed E-state index contributed by atoms with van der Waals surface area (Å²) in [6.07, 6.45) is 0. The molecular weight excluding hydrogens is 439 g/mol. The monoisotopic (exact) mass is 462 g/mol. The van der Waals surface area contributed by atoms with Gasteiger partial charge in [0.15, 0.2) is 11.0 Å². The van der Waals surface area contributed by atoms with Gasteiger partial charge in [0, 0.05) is 16.5 Å². The van der Waals surface area contributed by atoms with E-state index in [1.807, 2.05) is 22.8 Å². The predicted molar refractivity (Wildman–Crippen MR) is 126 cm³/mol. The Hall–Kier alpha value is -3.65. The van der Waals surface area contributed by atoms with E-state index in [0.717, 1.165) is 11.3 Å². The second kappa shape index (κ2) is 10.3. The first-order valence-electron chi connectivity index (χ1n) is 10.4. The van der Waals surface area contributed by atoms with Gasteiger partial charge in [-0.2, -0.15) is 0 Å². The zero-order chi connectivity index (χ0) is 23.2. The number of nitrogens with one attached hydrogen (secondary N) is 1. The van der Waals surface area contributed by atoms with Gasteiger partial charge >= 0.3 is 0 Å². The molecule has 0 spiro atoms. The Morgan fingerprint density at radius 1 is 1.03 bits per heavy atom. The molecule has 0 saturated heterocycles. The minimum Gasteiger partial charge on any atom is -0.497 e. The third-order valence-corrected chi connectivity index (χ3v) is 6.20. The van der Waals surface area contributed by atoms with Crippen LogP contribution in [-0.4, -0.2) is 27.8 Å². The molecule has 168 valence electrons. The molecule has 0 radical (unpaired) electrons. The molecular formula is C25H23FN4O2S. The van der Waals surface area contributed by atoms with E-state index in [1.54, 1.807) is 55.3 Å². The molecule has 1 atom stereocenters. The largest absolute Gasteiger partial charge is 0.497 e. The van der Waals surface area contributed by atoms with Gasteiger partial charge in [-0.3, -0.25) is 9.36 Å². The second-order valence-corrected chi connectivity index (χ2v) is 8.60. The second-order valence-electron chi connectivity index (χ2n) is 7.29. The Bertz CT molecular complexity index is 1210. The summed E-state index contributed by atoms with van der Waals surface area (Å²) in [6, 6.07) is 23.1. The van der Waals surface area contributed by atoms with E-state index in [9.17, 15) is 9.18 Å². The lowest BCUT2D eigenvalue weighted by Gasteiger charge is -2.14. The average Bonchev–Trinajstić information content (AvgIpc) is 3.25. The van der Waals surface area contributed by atoms with Gasteiger partial charge in [0.25, 0.3) is 5.91 Å². The van der Waals surface area contributed by atoms with Crippen LogP contribution in [0.5, 0.6) is 5.75 Å². The van der Waals surface area contributed by atoms with Gasteiger partial charge in [-0.05, 0) is 61.0 Å². The molecule has 8 heteroatoms. The lowest BCUT2D eigenvalue weighted by atomic mass is 10.2. The number of methoxy groups -OCH3 is 1. The van der Waals surface area contributed by atoms with Gasteiger partial charge in [-0.15, -0.1) is 10.2 Å². The minimum atomic E-state index is -0.326. The Kier molecular flexibility index (Phi) is 7.04. The van der Waals surface area contributed by atoms with Crippen molar-refractivity contribution in [2.75, 3.05) is 7.11 Å². The number of thioether (sulfide) groups is 1.